The number of ether oxygens (including phenoxy) is 1. The maximum absolute atomic E-state index is 11.2. The lowest BCUT2D eigenvalue weighted by atomic mass is 10.4. The molecular weight excluding hydrogens is 228 g/mol. The average molecular weight is 244 g/mol. The molecule has 0 radical (unpaired) electrons. The van der Waals surface area contributed by atoms with Crippen LogP contribution in [0.2, 0.25) is 0 Å². The standard InChI is InChI=1S/C11H16O2S2/c1-8(2)11(12)13-4-10-7-14-5-9(3)6-15-10/h10H,1,3-7H2,2H3. The smallest absolute Gasteiger partial charge is 0.333 e. The van der Waals surface area contributed by atoms with E-state index in [2.05, 4.69) is 13.2 Å². The van der Waals surface area contributed by atoms with Gasteiger partial charge in [-0.05, 0) is 6.92 Å². The number of esters is 1. The third-order valence-electron chi connectivity index (χ3n) is 1.88. The van der Waals surface area contributed by atoms with E-state index in [1.807, 2.05) is 23.5 Å². The fourth-order valence-corrected chi connectivity index (χ4v) is 3.46. The molecule has 0 amide bonds. The Balaban J connectivity index is 2.29. The average Bonchev–Trinajstić information content (AvgIpc) is 2.39. The fourth-order valence-electron chi connectivity index (χ4n) is 1.05. The maximum atomic E-state index is 11.2. The van der Waals surface area contributed by atoms with E-state index < -0.39 is 0 Å². The minimum Gasteiger partial charge on any atom is -0.461 e. The molecular formula is C11H16O2S2. The van der Waals surface area contributed by atoms with Gasteiger partial charge >= 0.3 is 5.97 Å². The van der Waals surface area contributed by atoms with Crippen molar-refractivity contribution in [1.29, 1.82) is 0 Å². The summed E-state index contributed by atoms with van der Waals surface area (Å²) in [6.45, 7) is 9.67. The molecule has 0 aromatic heterocycles. The van der Waals surface area contributed by atoms with Crippen molar-refractivity contribution in [2.75, 3.05) is 23.9 Å². The van der Waals surface area contributed by atoms with Gasteiger partial charge in [-0.2, -0.15) is 11.8 Å². The lowest BCUT2D eigenvalue weighted by Gasteiger charge is -2.13. The van der Waals surface area contributed by atoms with E-state index in [0.29, 0.717) is 17.4 Å². The highest BCUT2D eigenvalue weighted by Crippen LogP contribution is 2.25. The molecule has 1 aliphatic rings. The second-order valence-corrected chi connectivity index (χ2v) is 5.90. The van der Waals surface area contributed by atoms with E-state index in [0.717, 1.165) is 17.3 Å². The van der Waals surface area contributed by atoms with E-state index in [1.165, 1.54) is 5.57 Å². The summed E-state index contributed by atoms with van der Waals surface area (Å²) in [6, 6.07) is 0. The first-order valence-corrected chi connectivity index (χ1v) is 6.98. The lowest BCUT2D eigenvalue weighted by Crippen LogP contribution is -2.18. The predicted molar refractivity (Wildman–Crippen MR) is 68.5 cm³/mol. The van der Waals surface area contributed by atoms with Crippen LogP contribution in [0, 0.1) is 0 Å². The number of hydrogen-bond donors (Lipinski definition) is 0. The van der Waals surface area contributed by atoms with Gasteiger partial charge in [-0.25, -0.2) is 4.79 Å². The Hall–Kier alpha value is -0.350. The summed E-state index contributed by atoms with van der Waals surface area (Å²) in [4.78, 5) is 11.2. The molecule has 0 N–H and O–H groups in total. The topological polar surface area (TPSA) is 26.3 Å². The van der Waals surface area contributed by atoms with Gasteiger partial charge in [-0.1, -0.05) is 18.7 Å². The molecule has 0 aliphatic carbocycles. The molecule has 1 fully saturated rings. The van der Waals surface area contributed by atoms with E-state index in [-0.39, 0.29) is 5.97 Å². The summed E-state index contributed by atoms with van der Waals surface area (Å²) in [7, 11) is 0. The molecule has 1 atom stereocenters. The summed E-state index contributed by atoms with van der Waals surface area (Å²) in [5, 5.41) is 0.387. The van der Waals surface area contributed by atoms with Gasteiger partial charge in [0, 0.05) is 28.1 Å². The van der Waals surface area contributed by atoms with Crippen molar-refractivity contribution in [2.45, 2.75) is 12.2 Å². The molecule has 0 aromatic rings. The van der Waals surface area contributed by atoms with E-state index in [4.69, 9.17) is 4.74 Å². The zero-order valence-electron chi connectivity index (χ0n) is 8.95. The molecule has 1 rings (SSSR count). The van der Waals surface area contributed by atoms with E-state index >= 15 is 0 Å². The van der Waals surface area contributed by atoms with Gasteiger partial charge < -0.3 is 4.74 Å². The van der Waals surface area contributed by atoms with Gasteiger partial charge in [-0.3, -0.25) is 0 Å². The monoisotopic (exact) mass is 244 g/mol. The van der Waals surface area contributed by atoms with Crippen LogP contribution in [0.15, 0.2) is 24.3 Å². The van der Waals surface area contributed by atoms with Gasteiger partial charge in [0.2, 0.25) is 0 Å². The molecule has 1 saturated heterocycles. The van der Waals surface area contributed by atoms with Crippen molar-refractivity contribution in [1.82, 2.24) is 0 Å². The number of carbonyl (C=O) groups excluding carboxylic acids is 1. The quantitative estimate of drug-likeness (QED) is 0.433. The largest absolute Gasteiger partial charge is 0.461 e. The first-order chi connectivity index (χ1) is 7.09. The number of carbonyl (C=O) groups is 1. The molecule has 0 spiro atoms. The minimum atomic E-state index is -0.288. The molecule has 0 bridgehead atoms. The van der Waals surface area contributed by atoms with Gasteiger partial charge in [0.15, 0.2) is 0 Å². The molecule has 0 aromatic carbocycles. The number of rotatable bonds is 3. The molecule has 4 heteroatoms. The Morgan fingerprint density at radius 3 is 3.00 bits per heavy atom. The molecule has 1 aliphatic heterocycles. The van der Waals surface area contributed by atoms with Crippen LogP contribution in [0.25, 0.3) is 0 Å². The van der Waals surface area contributed by atoms with Gasteiger partial charge in [0.25, 0.3) is 0 Å². The van der Waals surface area contributed by atoms with Crippen LogP contribution >= 0.6 is 23.5 Å². The molecule has 2 nitrogen and oxygen atoms in total. The van der Waals surface area contributed by atoms with Crippen molar-refractivity contribution in [3.63, 3.8) is 0 Å². The number of hydrogen-bond acceptors (Lipinski definition) is 4. The normalized spacial score (nSPS) is 21.9. The highest BCUT2D eigenvalue weighted by molar-refractivity contribution is 8.04. The minimum absolute atomic E-state index is 0.288. The van der Waals surface area contributed by atoms with Crippen molar-refractivity contribution < 1.29 is 9.53 Å². The Kier molecular flexibility index (Phi) is 5.32. The first kappa shape index (κ1) is 12.7. The van der Waals surface area contributed by atoms with Crippen molar-refractivity contribution in [3.8, 4) is 0 Å². The van der Waals surface area contributed by atoms with Gasteiger partial charge in [0.1, 0.15) is 6.61 Å². The van der Waals surface area contributed by atoms with Crippen LogP contribution in [0.1, 0.15) is 6.92 Å². The Morgan fingerprint density at radius 2 is 2.33 bits per heavy atom. The SMILES string of the molecule is C=C1CSCC(COC(=O)C(=C)C)SC1. The fraction of sp³-hybridized carbons (Fsp3) is 0.545. The molecule has 1 heterocycles. The Bertz CT molecular complexity index is 274. The molecule has 84 valence electrons. The van der Waals surface area contributed by atoms with Gasteiger partial charge in [0.05, 0.1) is 0 Å². The summed E-state index contributed by atoms with van der Waals surface area (Å²) in [5.74, 6) is 2.73. The van der Waals surface area contributed by atoms with Crippen LogP contribution in [-0.4, -0.2) is 35.1 Å². The second kappa shape index (κ2) is 6.28. The van der Waals surface area contributed by atoms with Crippen LogP contribution < -0.4 is 0 Å². The lowest BCUT2D eigenvalue weighted by molar-refractivity contribution is -0.138. The van der Waals surface area contributed by atoms with E-state index in [1.54, 1.807) is 6.92 Å². The Labute approximate surface area is 99.5 Å². The maximum Gasteiger partial charge on any atom is 0.333 e. The molecule has 0 saturated carbocycles. The van der Waals surface area contributed by atoms with E-state index in [9.17, 15) is 4.79 Å². The summed E-state index contributed by atoms with van der Waals surface area (Å²) >= 11 is 3.68. The third-order valence-corrected chi connectivity index (χ3v) is 4.69. The highest BCUT2D eigenvalue weighted by Gasteiger charge is 2.16. The summed E-state index contributed by atoms with van der Waals surface area (Å²) < 4.78 is 5.13. The zero-order valence-corrected chi connectivity index (χ0v) is 10.6. The van der Waals surface area contributed by atoms with Crippen LogP contribution in [0.4, 0.5) is 0 Å². The van der Waals surface area contributed by atoms with Crippen molar-refractivity contribution in [3.05, 3.63) is 24.3 Å². The molecule has 1 unspecified atom stereocenters. The first-order valence-electron chi connectivity index (χ1n) is 4.78. The van der Waals surface area contributed by atoms with Crippen molar-refractivity contribution in [2.24, 2.45) is 0 Å². The predicted octanol–water partition coefficient (Wildman–Crippen LogP) is 2.51. The highest BCUT2D eigenvalue weighted by atomic mass is 32.2. The van der Waals surface area contributed by atoms with Crippen LogP contribution in [0.5, 0.6) is 0 Å². The zero-order chi connectivity index (χ0) is 11.3. The second-order valence-electron chi connectivity index (χ2n) is 3.58. The molecule has 15 heavy (non-hydrogen) atoms. The van der Waals surface area contributed by atoms with Crippen LogP contribution in [-0.2, 0) is 9.53 Å². The van der Waals surface area contributed by atoms with Crippen molar-refractivity contribution >= 4 is 29.5 Å². The summed E-state index contributed by atoms with van der Waals surface area (Å²) in [5.41, 5.74) is 1.73. The number of thioether (sulfide) groups is 2. The third kappa shape index (κ3) is 4.80. The Morgan fingerprint density at radius 1 is 1.60 bits per heavy atom. The van der Waals surface area contributed by atoms with Crippen LogP contribution in [0.3, 0.4) is 0 Å². The summed E-state index contributed by atoms with van der Waals surface area (Å²) in [6.07, 6.45) is 0. The van der Waals surface area contributed by atoms with Gasteiger partial charge in [-0.15, -0.1) is 11.8 Å².